The zero-order valence-electron chi connectivity index (χ0n) is 20.4. The number of carbonyl (C=O) groups excluding carboxylic acids is 3. The molecule has 0 aliphatic heterocycles. The standard InChI is InChI=1S/C27H36N2O6/c1-23(30)35-22-28-16-10-2-3-11-17-29(18-26(31)33-20-24-12-6-4-7-13-24)19-27(32)34-21-25-14-8-5-9-15-25/h4-9,12-15,28H,2-3,10-11,16-22H2,1H3. The minimum atomic E-state index is -0.376. The Balaban J connectivity index is 1.73. The van der Waals surface area contributed by atoms with Gasteiger partial charge in [0, 0.05) is 6.92 Å². The number of nitrogens with zero attached hydrogens (tertiary/aromatic N) is 1. The molecule has 8 nitrogen and oxygen atoms in total. The van der Waals surface area contributed by atoms with Crippen molar-refractivity contribution >= 4 is 17.9 Å². The van der Waals surface area contributed by atoms with E-state index in [0.29, 0.717) is 6.54 Å². The summed E-state index contributed by atoms with van der Waals surface area (Å²) in [5.41, 5.74) is 1.83. The molecule has 190 valence electrons. The smallest absolute Gasteiger partial charge is 0.320 e. The Morgan fingerprint density at radius 3 is 1.74 bits per heavy atom. The van der Waals surface area contributed by atoms with E-state index in [0.717, 1.165) is 43.4 Å². The van der Waals surface area contributed by atoms with Crippen molar-refractivity contribution in [2.24, 2.45) is 0 Å². The van der Waals surface area contributed by atoms with Crippen LogP contribution in [-0.2, 0) is 41.8 Å². The fourth-order valence-corrected chi connectivity index (χ4v) is 3.31. The Morgan fingerprint density at radius 1 is 0.714 bits per heavy atom. The van der Waals surface area contributed by atoms with Gasteiger partial charge in [0.2, 0.25) is 0 Å². The minimum Gasteiger partial charge on any atom is -0.460 e. The molecule has 0 aromatic heterocycles. The number of hydrogen-bond donors (Lipinski definition) is 1. The van der Waals surface area contributed by atoms with Gasteiger partial charge in [-0.1, -0.05) is 73.5 Å². The van der Waals surface area contributed by atoms with Crippen LogP contribution < -0.4 is 5.32 Å². The van der Waals surface area contributed by atoms with Crippen LogP contribution in [0, 0.1) is 0 Å². The summed E-state index contributed by atoms with van der Waals surface area (Å²) in [4.78, 5) is 37.3. The highest BCUT2D eigenvalue weighted by Crippen LogP contribution is 2.06. The van der Waals surface area contributed by atoms with Crippen molar-refractivity contribution in [3.63, 3.8) is 0 Å². The first-order valence-corrected chi connectivity index (χ1v) is 12.0. The maximum absolute atomic E-state index is 12.4. The summed E-state index contributed by atoms with van der Waals surface area (Å²) in [6.45, 7) is 3.39. The van der Waals surface area contributed by atoms with E-state index in [9.17, 15) is 14.4 Å². The normalized spacial score (nSPS) is 10.7. The van der Waals surface area contributed by atoms with E-state index in [-0.39, 0.29) is 50.9 Å². The third-order valence-corrected chi connectivity index (χ3v) is 5.15. The summed E-state index contributed by atoms with van der Waals surface area (Å²) in [7, 11) is 0. The summed E-state index contributed by atoms with van der Waals surface area (Å²) in [5.74, 6) is -1.05. The summed E-state index contributed by atoms with van der Waals surface area (Å²) >= 11 is 0. The van der Waals surface area contributed by atoms with Crippen LogP contribution in [0.15, 0.2) is 60.7 Å². The minimum absolute atomic E-state index is 0.0250. The van der Waals surface area contributed by atoms with Crippen LogP contribution in [0.3, 0.4) is 0 Å². The van der Waals surface area contributed by atoms with Crippen LogP contribution in [0.1, 0.15) is 43.7 Å². The largest absolute Gasteiger partial charge is 0.460 e. The molecule has 2 aromatic rings. The molecule has 0 unspecified atom stereocenters. The molecule has 0 heterocycles. The Bertz CT molecular complexity index is 818. The first-order chi connectivity index (χ1) is 17.0. The topological polar surface area (TPSA) is 94.2 Å². The lowest BCUT2D eigenvalue weighted by Gasteiger charge is -2.20. The second-order valence-electron chi connectivity index (χ2n) is 8.20. The molecule has 0 bridgehead atoms. The highest BCUT2D eigenvalue weighted by molar-refractivity contribution is 5.75. The van der Waals surface area contributed by atoms with Crippen LogP contribution >= 0.6 is 0 Å². The van der Waals surface area contributed by atoms with E-state index in [2.05, 4.69) is 5.32 Å². The van der Waals surface area contributed by atoms with Crippen molar-refractivity contribution in [2.45, 2.75) is 45.8 Å². The third-order valence-electron chi connectivity index (χ3n) is 5.15. The molecule has 8 heteroatoms. The number of benzene rings is 2. The summed E-state index contributed by atoms with van der Waals surface area (Å²) in [6.07, 6.45) is 3.71. The Morgan fingerprint density at radius 2 is 1.23 bits per heavy atom. The van der Waals surface area contributed by atoms with Gasteiger partial charge in [-0.25, -0.2) is 0 Å². The first-order valence-electron chi connectivity index (χ1n) is 12.0. The van der Waals surface area contributed by atoms with Crippen molar-refractivity contribution in [1.82, 2.24) is 10.2 Å². The van der Waals surface area contributed by atoms with Crippen molar-refractivity contribution in [3.05, 3.63) is 71.8 Å². The quantitative estimate of drug-likeness (QED) is 0.158. The Labute approximate surface area is 207 Å². The van der Waals surface area contributed by atoms with Crippen molar-refractivity contribution in [3.8, 4) is 0 Å². The Kier molecular flexibility index (Phi) is 13.8. The molecule has 0 aliphatic carbocycles. The van der Waals surface area contributed by atoms with Gasteiger partial charge in [0.15, 0.2) is 0 Å². The molecule has 1 N–H and O–H groups in total. The van der Waals surface area contributed by atoms with Crippen molar-refractivity contribution in [2.75, 3.05) is 32.9 Å². The fourth-order valence-electron chi connectivity index (χ4n) is 3.31. The van der Waals surface area contributed by atoms with E-state index < -0.39 is 0 Å². The summed E-state index contributed by atoms with van der Waals surface area (Å²) in [6, 6.07) is 19.0. The average molecular weight is 485 g/mol. The second kappa shape index (κ2) is 17.2. The van der Waals surface area contributed by atoms with Crippen LogP contribution in [-0.4, -0.2) is 55.7 Å². The first kappa shape index (κ1) is 28.0. The van der Waals surface area contributed by atoms with Crippen LogP contribution in [0.2, 0.25) is 0 Å². The number of unbranched alkanes of at least 4 members (excludes halogenated alkanes) is 3. The van der Waals surface area contributed by atoms with Gasteiger partial charge in [0.05, 0.1) is 13.1 Å². The molecule has 0 radical (unpaired) electrons. The van der Waals surface area contributed by atoms with Gasteiger partial charge in [0.1, 0.15) is 19.9 Å². The second-order valence-corrected chi connectivity index (χ2v) is 8.20. The highest BCUT2D eigenvalue weighted by atomic mass is 16.5. The van der Waals surface area contributed by atoms with Gasteiger partial charge in [-0.05, 0) is 37.1 Å². The number of ether oxygens (including phenoxy) is 3. The molecule has 0 atom stereocenters. The van der Waals surface area contributed by atoms with Crippen molar-refractivity contribution in [1.29, 1.82) is 0 Å². The zero-order chi connectivity index (χ0) is 25.1. The van der Waals surface area contributed by atoms with Crippen LogP contribution in [0.5, 0.6) is 0 Å². The van der Waals surface area contributed by atoms with Crippen LogP contribution in [0.4, 0.5) is 0 Å². The monoisotopic (exact) mass is 484 g/mol. The lowest BCUT2D eigenvalue weighted by atomic mass is 10.2. The third kappa shape index (κ3) is 13.9. The number of hydrogen-bond acceptors (Lipinski definition) is 8. The van der Waals surface area contributed by atoms with Gasteiger partial charge in [-0.2, -0.15) is 0 Å². The molecule has 0 fully saturated rings. The number of nitrogens with one attached hydrogen (secondary N) is 1. The summed E-state index contributed by atoms with van der Waals surface area (Å²) < 4.78 is 15.6. The maximum Gasteiger partial charge on any atom is 0.320 e. The van der Waals surface area contributed by atoms with Crippen LogP contribution in [0.25, 0.3) is 0 Å². The molecule has 0 saturated carbocycles. The molecule has 0 aliphatic rings. The predicted octanol–water partition coefficient (Wildman–Crippen LogP) is 3.45. The van der Waals surface area contributed by atoms with E-state index >= 15 is 0 Å². The van der Waals surface area contributed by atoms with Gasteiger partial charge in [-0.15, -0.1) is 0 Å². The van der Waals surface area contributed by atoms with Gasteiger partial charge in [-0.3, -0.25) is 24.6 Å². The molecule has 0 saturated heterocycles. The number of carbonyl (C=O) groups is 3. The average Bonchev–Trinajstić information content (AvgIpc) is 2.86. The highest BCUT2D eigenvalue weighted by Gasteiger charge is 2.16. The lowest BCUT2D eigenvalue weighted by Crippen LogP contribution is -2.36. The molecule has 2 aromatic carbocycles. The number of rotatable bonds is 17. The van der Waals surface area contributed by atoms with E-state index in [1.807, 2.05) is 60.7 Å². The van der Waals surface area contributed by atoms with Crippen molar-refractivity contribution < 1.29 is 28.6 Å². The molecule has 0 amide bonds. The summed E-state index contributed by atoms with van der Waals surface area (Å²) in [5, 5.41) is 3.05. The SMILES string of the molecule is CC(=O)OCNCCCCCCN(CC(=O)OCc1ccccc1)CC(=O)OCc1ccccc1. The molecule has 35 heavy (non-hydrogen) atoms. The fraction of sp³-hybridized carbons (Fsp3) is 0.444. The molecular weight excluding hydrogens is 448 g/mol. The van der Waals surface area contributed by atoms with Gasteiger partial charge >= 0.3 is 17.9 Å². The van der Waals surface area contributed by atoms with E-state index in [1.54, 1.807) is 4.90 Å². The van der Waals surface area contributed by atoms with Gasteiger partial charge in [0.25, 0.3) is 0 Å². The molecular formula is C27H36N2O6. The maximum atomic E-state index is 12.4. The Hall–Kier alpha value is -3.23. The molecule has 0 spiro atoms. The zero-order valence-corrected chi connectivity index (χ0v) is 20.4. The van der Waals surface area contributed by atoms with Gasteiger partial charge < -0.3 is 14.2 Å². The van der Waals surface area contributed by atoms with E-state index in [4.69, 9.17) is 14.2 Å². The lowest BCUT2D eigenvalue weighted by molar-refractivity contribution is -0.150. The predicted molar refractivity (Wildman–Crippen MR) is 132 cm³/mol. The van der Waals surface area contributed by atoms with E-state index in [1.165, 1.54) is 6.92 Å². The molecule has 2 rings (SSSR count). The number of esters is 3.